The number of piperazine rings is 1. The van der Waals surface area contributed by atoms with E-state index in [0.29, 0.717) is 38.0 Å². The van der Waals surface area contributed by atoms with Crippen LogP contribution in [-0.4, -0.2) is 77.6 Å². The van der Waals surface area contributed by atoms with E-state index in [9.17, 15) is 18.0 Å². The Hall–Kier alpha value is -2.26. The van der Waals surface area contributed by atoms with Gasteiger partial charge >= 0.3 is 0 Å². The highest BCUT2D eigenvalue weighted by atomic mass is 32.2. The van der Waals surface area contributed by atoms with Crippen molar-refractivity contribution in [3.05, 3.63) is 40.8 Å². The van der Waals surface area contributed by atoms with E-state index in [1.165, 1.54) is 4.68 Å². The van der Waals surface area contributed by atoms with E-state index in [4.69, 9.17) is 0 Å². The predicted octanol–water partition coefficient (Wildman–Crippen LogP) is -0.272. The Morgan fingerprint density at radius 3 is 2.59 bits per heavy atom. The summed E-state index contributed by atoms with van der Waals surface area (Å²) < 4.78 is 24.5. The van der Waals surface area contributed by atoms with Crippen LogP contribution in [0.15, 0.2) is 35.3 Å². The van der Waals surface area contributed by atoms with E-state index in [2.05, 4.69) is 10.00 Å². The molecule has 0 radical (unpaired) electrons. The Labute approximate surface area is 157 Å². The average molecular weight is 390 g/mol. The largest absolute Gasteiger partial charge is 0.339 e. The lowest BCUT2D eigenvalue weighted by atomic mass is 10.2. The van der Waals surface area contributed by atoms with Gasteiger partial charge in [-0.2, -0.15) is 5.10 Å². The molecule has 0 aliphatic carbocycles. The third-order valence-electron chi connectivity index (χ3n) is 5.44. The molecule has 1 atom stereocenters. The fraction of sp³-hybridized carbons (Fsp3) is 0.500. The van der Waals surface area contributed by atoms with Crippen molar-refractivity contribution < 1.29 is 13.2 Å². The fourth-order valence-corrected chi connectivity index (χ4v) is 5.63. The van der Waals surface area contributed by atoms with Crippen LogP contribution in [0.2, 0.25) is 0 Å². The smallest absolute Gasteiger partial charge is 0.275 e. The summed E-state index contributed by atoms with van der Waals surface area (Å²) in [6.07, 6.45) is 2.27. The van der Waals surface area contributed by atoms with Crippen LogP contribution in [0, 0.1) is 0 Å². The summed E-state index contributed by atoms with van der Waals surface area (Å²) in [5.41, 5.74) is -0.267. The molecule has 9 heteroatoms. The van der Waals surface area contributed by atoms with Crippen molar-refractivity contribution in [3.8, 4) is 0 Å². The minimum absolute atomic E-state index is 0.0667. The van der Waals surface area contributed by atoms with Gasteiger partial charge in [-0.25, -0.2) is 13.1 Å². The Bertz CT molecular complexity index is 1030. The van der Waals surface area contributed by atoms with Crippen LogP contribution >= 0.6 is 0 Å². The first kappa shape index (κ1) is 18.1. The van der Waals surface area contributed by atoms with Crippen molar-refractivity contribution in [3.63, 3.8) is 0 Å². The van der Waals surface area contributed by atoms with Crippen molar-refractivity contribution in [1.29, 1.82) is 0 Å². The fourth-order valence-electron chi connectivity index (χ4n) is 3.87. The maximum atomic E-state index is 12.6. The molecule has 1 amide bonds. The molecule has 2 fully saturated rings. The molecule has 2 aromatic rings. The highest BCUT2D eigenvalue weighted by molar-refractivity contribution is 7.91. The third-order valence-corrected chi connectivity index (χ3v) is 7.19. The molecule has 2 aliphatic heterocycles. The Morgan fingerprint density at radius 2 is 1.89 bits per heavy atom. The Kier molecular flexibility index (Phi) is 4.73. The number of aromatic nitrogens is 2. The van der Waals surface area contributed by atoms with Gasteiger partial charge < -0.3 is 4.90 Å². The van der Waals surface area contributed by atoms with Gasteiger partial charge in [-0.3, -0.25) is 14.5 Å². The lowest BCUT2D eigenvalue weighted by molar-refractivity contribution is -0.134. The summed E-state index contributed by atoms with van der Waals surface area (Å²) in [6, 6.07) is 7.25. The molecule has 4 rings (SSSR count). The van der Waals surface area contributed by atoms with Gasteiger partial charge in [0.05, 0.1) is 23.1 Å². The highest BCUT2D eigenvalue weighted by Gasteiger charge is 2.34. The minimum Gasteiger partial charge on any atom is -0.339 e. The summed E-state index contributed by atoms with van der Waals surface area (Å²) >= 11 is 0. The Balaban J connectivity index is 1.39. The number of carbonyl (C=O) groups is 1. The third kappa shape index (κ3) is 3.74. The van der Waals surface area contributed by atoms with Gasteiger partial charge in [0.25, 0.3) is 5.56 Å². The molecule has 2 aliphatic rings. The molecule has 0 bridgehead atoms. The number of fused-ring (bicyclic) bond motifs is 1. The zero-order valence-corrected chi connectivity index (χ0v) is 15.8. The quantitative estimate of drug-likeness (QED) is 0.716. The molecule has 0 N–H and O–H groups in total. The van der Waals surface area contributed by atoms with Crippen molar-refractivity contribution in [1.82, 2.24) is 19.6 Å². The zero-order valence-electron chi connectivity index (χ0n) is 15.0. The first-order valence-electron chi connectivity index (χ1n) is 9.10. The lowest BCUT2D eigenvalue weighted by Gasteiger charge is -2.37. The van der Waals surface area contributed by atoms with Gasteiger partial charge in [0.15, 0.2) is 9.84 Å². The topological polar surface area (TPSA) is 92.6 Å². The van der Waals surface area contributed by atoms with E-state index < -0.39 is 9.84 Å². The van der Waals surface area contributed by atoms with Crippen LogP contribution in [0.1, 0.15) is 6.42 Å². The van der Waals surface area contributed by atoms with E-state index in [0.717, 1.165) is 5.39 Å². The number of hydrogen-bond acceptors (Lipinski definition) is 6. The van der Waals surface area contributed by atoms with Gasteiger partial charge in [-0.15, -0.1) is 0 Å². The van der Waals surface area contributed by atoms with Crippen molar-refractivity contribution in [2.45, 2.75) is 19.0 Å². The first-order chi connectivity index (χ1) is 12.9. The summed E-state index contributed by atoms with van der Waals surface area (Å²) in [7, 11) is -2.91. The average Bonchev–Trinajstić information content (AvgIpc) is 3.04. The number of amides is 1. The van der Waals surface area contributed by atoms with Crippen LogP contribution in [-0.2, 0) is 21.2 Å². The second kappa shape index (κ2) is 7.05. The van der Waals surface area contributed by atoms with Crippen molar-refractivity contribution in [2.24, 2.45) is 0 Å². The van der Waals surface area contributed by atoms with Gasteiger partial charge in [0.1, 0.15) is 6.54 Å². The number of hydrogen-bond donors (Lipinski definition) is 0. The molecule has 3 heterocycles. The van der Waals surface area contributed by atoms with Crippen LogP contribution in [0.3, 0.4) is 0 Å². The number of nitrogens with zero attached hydrogens (tertiary/aromatic N) is 4. The monoisotopic (exact) mass is 390 g/mol. The minimum atomic E-state index is -2.91. The summed E-state index contributed by atoms with van der Waals surface area (Å²) in [4.78, 5) is 29.0. The van der Waals surface area contributed by atoms with Crippen LogP contribution < -0.4 is 5.56 Å². The van der Waals surface area contributed by atoms with E-state index in [1.54, 1.807) is 23.2 Å². The zero-order chi connectivity index (χ0) is 19.0. The maximum Gasteiger partial charge on any atom is 0.275 e. The molecule has 1 aromatic carbocycles. The van der Waals surface area contributed by atoms with Crippen LogP contribution in [0.4, 0.5) is 0 Å². The van der Waals surface area contributed by atoms with E-state index >= 15 is 0 Å². The Morgan fingerprint density at radius 1 is 1.15 bits per heavy atom. The summed E-state index contributed by atoms with van der Waals surface area (Å²) in [5, 5.41) is 5.42. The maximum absolute atomic E-state index is 12.6. The molecule has 144 valence electrons. The first-order valence-corrected chi connectivity index (χ1v) is 10.9. The summed E-state index contributed by atoms with van der Waals surface area (Å²) in [6.45, 7) is 2.31. The van der Waals surface area contributed by atoms with Gasteiger partial charge in [0.2, 0.25) is 5.91 Å². The molecule has 0 spiro atoms. The standard InChI is InChI=1S/C18H22N4O4S/c23-17(12-22-18(24)16-4-2-1-3-14(16)11-19-22)21-8-6-20(7-9-21)15-5-10-27(25,26)13-15/h1-4,11,15H,5-10,12-13H2/t15-/m0/s1. The second-order valence-electron chi connectivity index (χ2n) is 7.17. The molecular weight excluding hydrogens is 368 g/mol. The number of rotatable bonds is 3. The number of benzene rings is 1. The van der Waals surface area contributed by atoms with Gasteiger partial charge in [0, 0.05) is 37.6 Å². The SMILES string of the molecule is O=C(Cn1ncc2ccccc2c1=O)N1CCN([C@H]2CCS(=O)(=O)C2)CC1. The van der Waals surface area contributed by atoms with E-state index in [-0.39, 0.29) is 35.6 Å². The van der Waals surface area contributed by atoms with Crippen LogP contribution in [0.25, 0.3) is 10.8 Å². The van der Waals surface area contributed by atoms with E-state index in [1.807, 2.05) is 12.1 Å². The predicted molar refractivity (Wildman–Crippen MR) is 101 cm³/mol. The molecule has 0 saturated carbocycles. The van der Waals surface area contributed by atoms with Gasteiger partial charge in [-0.1, -0.05) is 18.2 Å². The number of carbonyl (C=O) groups excluding carboxylic acids is 1. The molecular formula is C18H22N4O4S. The van der Waals surface area contributed by atoms with Crippen molar-refractivity contribution in [2.75, 3.05) is 37.7 Å². The van der Waals surface area contributed by atoms with Crippen LogP contribution in [0.5, 0.6) is 0 Å². The molecule has 2 saturated heterocycles. The summed E-state index contributed by atoms with van der Waals surface area (Å²) in [5.74, 6) is 0.337. The molecule has 0 unspecified atom stereocenters. The lowest BCUT2D eigenvalue weighted by Crippen LogP contribution is -2.53. The van der Waals surface area contributed by atoms with Crippen molar-refractivity contribution >= 4 is 26.5 Å². The second-order valence-corrected chi connectivity index (χ2v) is 9.40. The molecule has 1 aromatic heterocycles. The van der Waals surface area contributed by atoms with Gasteiger partial charge in [-0.05, 0) is 12.5 Å². The number of sulfone groups is 1. The normalized spacial score (nSPS) is 23.0. The highest BCUT2D eigenvalue weighted by Crippen LogP contribution is 2.19. The molecule has 27 heavy (non-hydrogen) atoms. The molecule has 8 nitrogen and oxygen atoms in total.